The van der Waals surface area contributed by atoms with Crippen molar-refractivity contribution in [3.8, 4) is 12.3 Å². The molecule has 1 saturated heterocycles. The monoisotopic (exact) mass is 246 g/mol. The highest BCUT2D eigenvalue weighted by Crippen LogP contribution is 2.06. The van der Waals surface area contributed by atoms with Gasteiger partial charge in [0.2, 0.25) is 0 Å². The Morgan fingerprint density at radius 1 is 1.28 bits per heavy atom. The summed E-state index contributed by atoms with van der Waals surface area (Å²) in [6, 6.07) is 5.86. The van der Waals surface area contributed by atoms with Crippen LogP contribution in [0.3, 0.4) is 0 Å². The minimum absolute atomic E-state index is 1.07. The van der Waals surface area contributed by atoms with Crippen LogP contribution < -0.4 is 0 Å². The van der Waals surface area contributed by atoms with Crippen LogP contribution in [0.5, 0.6) is 0 Å². The summed E-state index contributed by atoms with van der Waals surface area (Å²) in [7, 11) is 0. The third-order valence-corrected chi connectivity index (χ3v) is 2.71. The van der Waals surface area contributed by atoms with Crippen LogP contribution in [-0.4, -0.2) is 29.5 Å². The maximum atomic E-state index is 4.60. The van der Waals surface area contributed by atoms with Crippen molar-refractivity contribution < 1.29 is 0 Å². The van der Waals surface area contributed by atoms with E-state index in [2.05, 4.69) is 29.2 Å². The van der Waals surface area contributed by atoms with Crippen molar-refractivity contribution in [3.63, 3.8) is 0 Å². The van der Waals surface area contributed by atoms with Gasteiger partial charge in [-0.25, -0.2) is 0 Å². The summed E-state index contributed by atoms with van der Waals surface area (Å²) in [4.78, 5) is 6.50. The molecule has 18 heavy (non-hydrogen) atoms. The largest absolute Gasteiger partial charge is 0.304 e. The molecule has 2 heteroatoms. The van der Waals surface area contributed by atoms with Gasteiger partial charge in [-0.05, 0) is 58.5 Å². The predicted molar refractivity (Wildman–Crippen MR) is 79.4 cm³/mol. The maximum absolute atomic E-state index is 4.60. The Kier molecular flexibility index (Phi) is 11.2. The van der Waals surface area contributed by atoms with Crippen LogP contribution in [0.4, 0.5) is 0 Å². The highest BCUT2D eigenvalue weighted by atomic mass is 15.1. The van der Waals surface area contributed by atoms with Crippen LogP contribution in [0.2, 0.25) is 0 Å². The van der Waals surface area contributed by atoms with Gasteiger partial charge >= 0.3 is 0 Å². The highest BCUT2D eigenvalue weighted by molar-refractivity contribution is 4.99. The number of piperidine rings is 1. The molecule has 2 rings (SSSR count). The molecule has 0 unspecified atom stereocenters. The van der Waals surface area contributed by atoms with E-state index < -0.39 is 0 Å². The van der Waals surface area contributed by atoms with Crippen molar-refractivity contribution in [2.45, 2.75) is 40.0 Å². The third kappa shape index (κ3) is 9.86. The fraction of sp³-hybridized carbons (Fsp3) is 0.562. The number of rotatable bonds is 1. The van der Waals surface area contributed by atoms with Gasteiger partial charge in [0.25, 0.3) is 0 Å². The average molecular weight is 246 g/mol. The number of aromatic nitrogens is 1. The number of aryl methyl sites for hydroxylation is 1. The van der Waals surface area contributed by atoms with Gasteiger partial charge in [0, 0.05) is 11.9 Å². The summed E-state index contributed by atoms with van der Waals surface area (Å²) in [5.41, 5.74) is 1.07. The van der Waals surface area contributed by atoms with Gasteiger partial charge in [-0.15, -0.1) is 12.3 Å². The molecule has 0 bridgehead atoms. The van der Waals surface area contributed by atoms with E-state index in [9.17, 15) is 0 Å². The number of nitrogens with zero attached hydrogens (tertiary/aromatic N) is 2. The second-order valence-corrected chi connectivity index (χ2v) is 4.25. The lowest BCUT2D eigenvalue weighted by Crippen LogP contribution is -2.29. The maximum Gasteiger partial charge on any atom is 0.0372 e. The Morgan fingerprint density at radius 2 is 1.89 bits per heavy atom. The van der Waals surface area contributed by atoms with Gasteiger partial charge in [-0.3, -0.25) is 4.98 Å². The summed E-state index contributed by atoms with van der Waals surface area (Å²) in [5.74, 6) is 2.25. The Bertz CT molecular complexity index is 308. The lowest BCUT2D eigenvalue weighted by Gasteiger charge is -2.24. The number of hydrogen-bond donors (Lipinski definition) is 0. The zero-order chi connectivity index (χ0) is 13.6. The summed E-state index contributed by atoms with van der Waals surface area (Å²) in [6.07, 6.45) is 10.7. The fourth-order valence-electron chi connectivity index (χ4n) is 1.72. The summed E-state index contributed by atoms with van der Waals surface area (Å²) in [6.45, 7) is 9.80. The van der Waals surface area contributed by atoms with E-state index in [0.717, 1.165) is 5.69 Å². The van der Waals surface area contributed by atoms with Crippen molar-refractivity contribution in [2.24, 2.45) is 0 Å². The second-order valence-electron chi connectivity index (χ2n) is 4.25. The molecule has 1 aliphatic rings. The van der Waals surface area contributed by atoms with Crippen LogP contribution in [0.25, 0.3) is 0 Å². The normalized spacial score (nSPS) is 14.3. The Hall–Kier alpha value is -1.33. The fourth-order valence-corrected chi connectivity index (χ4v) is 1.72. The van der Waals surface area contributed by atoms with Gasteiger partial charge in [-0.1, -0.05) is 19.4 Å². The first kappa shape index (κ1) is 16.7. The van der Waals surface area contributed by atoms with E-state index in [1.165, 1.54) is 38.9 Å². The third-order valence-electron chi connectivity index (χ3n) is 2.71. The van der Waals surface area contributed by atoms with Gasteiger partial charge in [0.15, 0.2) is 0 Å². The molecular formula is C16H26N2. The molecule has 1 aliphatic heterocycles. The van der Waals surface area contributed by atoms with Crippen molar-refractivity contribution in [1.82, 2.24) is 9.88 Å². The highest BCUT2D eigenvalue weighted by Gasteiger charge is 2.05. The van der Waals surface area contributed by atoms with Crippen LogP contribution in [0.15, 0.2) is 24.4 Å². The smallest absolute Gasteiger partial charge is 0.0372 e. The number of terminal acetylenes is 1. The van der Waals surface area contributed by atoms with Crippen LogP contribution in [0.1, 0.15) is 38.8 Å². The first-order valence-corrected chi connectivity index (χ1v) is 6.71. The quantitative estimate of drug-likeness (QED) is 0.705. The topological polar surface area (TPSA) is 16.1 Å². The van der Waals surface area contributed by atoms with E-state index in [-0.39, 0.29) is 0 Å². The van der Waals surface area contributed by atoms with E-state index in [0.29, 0.717) is 0 Å². The zero-order valence-corrected chi connectivity index (χ0v) is 12.0. The van der Waals surface area contributed by atoms with Crippen molar-refractivity contribution in [1.29, 1.82) is 0 Å². The van der Waals surface area contributed by atoms with E-state index in [1.54, 1.807) is 13.1 Å². The van der Waals surface area contributed by atoms with Crippen molar-refractivity contribution >= 4 is 0 Å². The Balaban J connectivity index is 0.000000267. The minimum atomic E-state index is 1.07. The summed E-state index contributed by atoms with van der Waals surface area (Å²) in [5, 5.41) is 0. The summed E-state index contributed by atoms with van der Waals surface area (Å²) >= 11 is 0. The van der Waals surface area contributed by atoms with Gasteiger partial charge in [0.05, 0.1) is 0 Å². The molecule has 0 spiro atoms. The molecule has 0 radical (unpaired) electrons. The Morgan fingerprint density at radius 3 is 2.17 bits per heavy atom. The Labute approximate surface area is 112 Å². The number of pyridine rings is 1. The lowest BCUT2D eigenvalue weighted by atomic mass is 10.1. The number of likely N-dealkylation sites (tertiary alicyclic amines) is 1. The standard InChI is InChI=1S/C7H15N.C6H7N.C3H4/c1-2-8-6-4-3-5-7-8;1-6-4-2-3-5-7-6;1-3-2/h2-7H2,1H3;2-5H,1H3;1H,2H3. The lowest BCUT2D eigenvalue weighted by molar-refractivity contribution is 0.240. The van der Waals surface area contributed by atoms with Crippen LogP contribution in [0, 0.1) is 19.3 Å². The molecule has 0 amide bonds. The first-order chi connectivity index (χ1) is 8.74. The van der Waals surface area contributed by atoms with E-state index in [4.69, 9.17) is 0 Å². The molecule has 0 atom stereocenters. The van der Waals surface area contributed by atoms with Gasteiger partial charge in [0.1, 0.15) is 0 Å². The van der Waals surface area contributed by atoms with Gasteiger partial charge in [-0.2, -0.15) is 0 Å². The number of hydrogen-bond acceptors (Lipinski definition) is 2. The molecule has 2 nitrogen and oxygen atoms in total. The summed E-state index contributed by atoms with van der Waals surface area (Å²) < 4.78 is 0. The van der Waals surface area contributed by atoms with Crippen molar-refractivity contribution in [3.05, 3.63) is 30.1 Å². The molecule has 1 fully saturated rings. The van der Waals surface area contributed by atoms with Crippen LogP contribution in [-0.2, 0) is 0 Å². The van der Waals surface area contributed by atoms with Crippen LogP contribution >= 0.6 is 0 Å². The average Bonchev–Trinajstić information content (AvgIpc) is 2.42. The SMILES string of the molecule is C#CC.CCN1CCCCC1.Cc1ccccn1. The molecule has 0 saturated carbocycles. The predicted octanol–water partition coefficient (Wildman–Crippen LogP) is 3.52. The first-order valence-electron chi connectivity index (χ1n) is 6.71. The molecular weight excluding hydrogens is 220 g/mol. The van der Waals surface area contributed by atoms with E-state index in [1.807, 2.05) is 25.1 Å². The van der Waals surface area contributed by atoms with E-state index >= 15 is 0 Å². The molecule has 0 N–H and O–H groups in total. The minimum Gasteiger partial charge on any atom is -0.304 e. The van der Waals surface area contributed by atoms with Crippen molar-refractivity contribution in [2.75, 3.05) is 19.6 Å². The molecule has 0 aromatic carbocycles. The second kappa shape index (κ2) is 12.1. The zero-order valence-electron chi connectivity index (χ0n) is 12.0. The molecule has 1 aromatic heterocycles. The molecule has 2 heterocycles. The molecule has 100 valence electrons. The molecule has 1 aromatic rings. The molecule has 0 aliphatic carbocycles. The van der Waals surface area contributed by atoms with Gasteiger partial charge < -0.3 is 4.90 Å².